The van der Waals surface area contributed by atoms with E-state index in [1.54, 1.807) is 17.4 Å². The fraction of sp³-hybridized carbons (Fsp3) is 0.474. The van der Waals surface area contributed by atoms with Gasteiger partial charge in [-0.05, 0) is 13.3 Å². The summed E-state index contributed by atoms with van der Waals surface area (Å²) >= 11 is 1.40. The first-order valence-corrected chi connectivity index (χ1v) is 11.1. The topological polar surface area (TPSA) is 139 Å². The first-order chi connectivity index (χ1) is 16.2. The SMILES string of the molecule is CC(COCc1nc(C2CCN(c3nc(C=O)cs3)C2)no1)Nc1cn[nH]c(=O)c1C(F)(F)F. The van der Waals surface area contributed by atoms with Crippen LogP contribution in [0, 0.1) is 0 Å². The third-order valence-corrected chi connectivity index (χ3v) is 5.99. The highest BCUT2D eigenvalue weighted by atomic mass is 32.1. The van der Waals surface area contributed by atoms with E-state index in [1.165, 1.54) is 11.3 Å². The molecule has 0 aromatic carbocycles. The van der Waals surface area contributed by atoms with Crippen LogP contribution >= 0.6 is 11.3 Å². The molecule has 0 amide bonds. The first kappa shape index (κ1) is 23.8. The monoisotopic (exact) mass is 499 g/mol. The molecule has 0 aliphatic carbocycles. The second kappa shape index (κ2) is 9.89. The minimum atomic E-state index is -4.83. The number of H-pyrrole nitrogens is 1. The van der Waals surface area contributed by atoms with E-state index in [2.05, 4.69) is 30.4 Å². The molecule has 0 saturated carbocycles. The van der Waals surface area contributed by atoms with Gasteiger partial charge in [-0.3, -0.25) is 9.59 Å². The maximum Gasteiger partial charge on any atom is 0.423 e. The van der Waals surface area contributed by atoms with Crippen LogP contribution in [0.1, 0.15) is 47.0 Å². The molecule has 1 aliphatic rings. The fourth-order valence-electron chi connectivity index (χ4n) is 3.53. The van der Waals surface area contributed by atoms with Gasteiger partial charge in [0.25, 0.3) is 11.4 Å². The number of halogens is 3. The lowest BCUT2D eigenvalue weighted by Crippen LogP contribution is -2.29. The number of carbonyl (C=O) groups is 1. The molecule has 15 heteroatoms. The molecule has 4 heterocycles. The Labute approximate surface area is 194 Å². The summed E-state index contributed by atoms with van der Waals surface area (Å²) in [5.74, 6) is 0.807. The van der Waals surface area contributed by atoms with E-state index >= 15 is 0 Å². The Hall–Kier alpha value is -3.33. The van der Waals surface area contributed by atoms with Crippen LogP contribution in [0.4, 0.5) is 24.0 Å². The quantitative estimate of drug-likeness (QED) is 0.422. The number of rotatable bonds is 9. The summed E-state index contributed by atoms with van der Waals surface area (Å²) < 4.78 is 50.1. The van der Waals surface area contributed by atoms with E-state index in [1.807, 2.05) is 0 Å². The largest absolute Gasteiger partial charge is 0.423 e. The molecule has 0 spiro atoms. The Balaban J connectivity index is 1.28. The van der Waals surface area contributed by atoms with Crippen LogP contribution in [0.5, 0.6) is 0 Å². The van der Waals surface area contributed by atoms with Gasteiger partial charge in [-0.2, -0.15) is 23.3 Å². The van der Waals surface area contributed by atoms with Crippen molar-refractivity contribution in [3.8, 4) is 0 Å². The highest BCUT2D eigenvalue weighted by Crippen LogP contribution is 2.32. The molecule has 34 heavy (non-hydrogen) atoms. The van der Waals surface area contributed by atoms with Crippen LogP contribution in [0.15, 0.2) is 20.9 Å². The van der Waals surface area contributed by atoms with E-state index in [-0.39, 0.29) is 25.0 Å². The third kappa shape index (κ3) is 5.41. The number of hydrogen-bond acceptors (Lipinski definition) is 11. The number of alkyl halides is 3. The van der Waals surface area contributed by atoms with Crippen molar-refractivity contribution < 1.29 is 27.2 Å². The number of nitrogens with one attached hydrogen (secondary N) is 2. The van der Waals surface area contributed by atoms with Crippen LogP contribution in [-0.2, 0) is 17.5 Å². The molecule has 11 nitrogen and oxygen atoms in total. The summed E-state index contributed by atoms with van der Waals surface area (Å²) in [6.07, 6.45) is -2.42. The van der Waals surface area contributed by atoms with Gasteiger partial charge < -0.3 is 19.5 Å². The Morgan fingerprint density at radius 1 is 1.44 bits per heavy atom. The summed E-state index contributed by atoms with van der Waals surface area (Å²) in [5.41, 5.74) is -2.70. The number of aldehydes is 1. The molecule has 1 fully saturated rings. The van der Waals surface area contributed by atoms with Crippen LogP contribution in [0.3, 0.4) is 0 Å². The summed E-state index contributed by atoms with van der Waals surface area (Å²) in [6, 6.07) is -0.565. The van der Waals surface area contributed by atoms with Gasteiger partial charge >= 0.3 is 6.18 Å². The summed E-state index contributed by atoms with van der Waals surface area (Å²) in [4.78, 5) is 33.0. The number of carbonyl (C=O) groups excluding carboxylic acids is 1. The van der Waals surface area contributed by atoms with Crippen molar-refractivity contribution in [1.29, 1.82) is 0 Å². The maximum atomic E-state index is 13.1. The molecule has 3 aromatic heterocycles. The third-order valence-electron chi connectivity index (χ3n) is 5.07. The molecule has 2 N–H and O–H groups in total. The number of thiazole rings is 1. The minimum absolute atomic E-state index is 0.0160. The van der Waals surface area contributed by atoms with Gasteiger partial charge in [0, 0.05) is 30.4 Å². The zero-order valence-corrected chi connectivity index (χ0v) is 18.6. The van der Waals surface area contributed by atoms with Gasteiger partial charge in [0.15, 0.2) is 17.2 Å². The van der Waals surface area contributed by atoms with E-state index in [9.17, 15) is 22.8 Å². The standard InChI is InChI=1S/C19H20F3N7O4S/c1-10(24-13-4-23-27-17(31)15(13)19(20,21)22)7-32-8-14-26-16(28-33-14)11-2-3-29(5-11)18-25-12(6-30)9-34-18/h4,6,9-11H,2-3,5,7-8H2,1H3,(H2,24,27,31). The number of aromatic amines is 1. The molecule has 0 radical (unpaired) electrons. The molecule has 1 saturated heterocycles. The van der Waals surface area contributed by atoms with Crippen molar-refractivity contribution in [3.05, 3.63) is 44.9 Å². The average Bonchev–Trinajstić information content (AvgIpc) is 3.52. The molecular weight excluding hydrogens is 479 g/mol. The molecule has 0 bridgehead atoms. The number of hydrogen-bond donors (Lipinski definition) is 2. The van der Waals surface area contributed by atoms with Crippen molar-refractivity contribution in [2.45, 2.75) is 38.1 Å². The fourth-order valence-corrected chi connectivity index (χ4v) is 4.34. The average molecular weight is 499 g/mol. The lowest BCUT2D eigenvalue weighted by molar-refractivity contribution is -0.138. The second-order valence-electron chi connectivity index (χ2n) is 7.70. The minimum Gasteiger partial charge on any atom is -0.378 e. The number of anilines is 2. The van der Waals surface area contributed by atoms with Crippen LogP contribution in [-0.4, -0.2) is 57.3 Å². The van der Waals surface area contributed by atoms with Crippen molar-refractivity contribution in [1.82, 2.24) is 25.3 Å². The Bertz CT molecular complexity index is 1200. The van der Waals surface area contributed by atoms with Gasteiger partial charge in [0.05, 0.1) is 18.5 Å². The van der Waals surface area contributed by atoms with Crippen molar-refractivity contribution in [2.24, 2.45) is 0 Å². The summed E-state index contributed by atoms with van der Waals surface area (Å²) in [6.45, 7) is 2.98. The Morgan fingerprint density at radius 2 is 2.26 bits per heavy atom. The summed E-state index contributed by atoms with van der Waals surface area (Å²) in [7, 11) is 0. The van der Waals surface area contributed by atoms with E-state index in [0.717, 1.165) is 24.3 Å². The molecule has 1 aliphatic heterocycles. The van der Waals surface area contributed by atoms with Crippen LogP contribution in [0.2, 0.25) is 0 Å². The molecule has 2 atom stereocenters. The smallest absolute Gasteiger partial charge is 0.378 e. The Kier molecular flexibility index (Phi) is 6.92. The molecule has 182 valence electrons. The number of nitrogens with zero attached hydrogens (tertiary/aromatic N) is 5. The highest BCUT2D eigenvalue weighted by molar-refractivity contribution is 7.13. The van der Waals surface area contributed by atoms with Gasteiger partial charge in [0.1, 0.15) is 17.9 Å². The van der Waals surface area contributed by atoms with Crippen LogP contribution in [0.25, 0.3) is 0 Å². The predicted octanol–water partition coefficient (Wildman–Crippen LogP) is 2.45. The van der Waals surface area contributed by atoms with Crippen molar-refractivity contribution in [2.75, 3.05) is 29.9 Å². The molecule has 4 rings (SSSR count). The predicted molar refractivity (Wildman–Crippen MR) is 114 cm³/mol. The molecule has 3 aromatic rings. The van der Waals surface area contributed by atoms with Gasteiger partial charge in [-0.15, -0.1) is 11.3 Å². The lowest BCUT2D eigenvalue weighted by Gasteiger charge is -2.17. The van der Waals surface area contributed by atoms with E-state index in [4.69, 9.17) is 9.26 Å². The first-order valence-electron chi connectivity index (χ1n) is 10.2. The van der Waals surface area contributed by atoms with Gasteiger partial charge in [-0.25, -0.2) is 10.1 Å². The van der Waals surface area contributed by atoms with Gasteiger partial charge in [0.2, 0.25) is 0 Å². The summed E-state index contributed by atoms with van der Waals surface area (Å²) in [5, 5.41) is 14.3. The zero-order valence-electron chi connectivity index (χ0n) is 17.8. The molecular formula is C19H20F3N7O4S. The maximum absolute atomic E-state index is 13.1. The zero-order chi connectivity index (χ0) is 24.3. The number of aromatic nitrogens is 5. The lowest BCUT2D eigenvalue weighted by atomic mass is 10.1. The Morgan fingerprint density at radius 3 is 3.00 bits per heavy atom. The van der Waals surface area contributed by atoms with E-state index in [0.29, 0.717) is 24.3 Å². The van der Waals surface area contributed by atoms with Gasteiger partial charge in [-0.1, -0.05) is 5.16 Å². The van der Waals surface area contributed by atoms with Crippen molar-refractivity contribution in [3.63, 3.8) is 0 Å². The van der Waals surface area contributed by atoms with Crippen LogP contribution < -0.4 is 15.8 Å². The van der Waals surface area contributed by atoms with Crippen molar-refractivity contribution >= 4 is 28.4 Å². The molecule has 2 unspecified atom stereocenters. The van der Waals surface area contributed by atoms with E-state index < -0.39 is 29.0 Å². The second-order valence-corrected chi connectivity index (χ2v) is 8.53. The number of ether oxygens (including phenoxy) is 1. The highest BCUT2D eigenvalue weighted by Gasteiger charge is 2.37. The normalized spacial score (nSPS) is 17.2.